The van der Waals surface area contributed by atoms with Gasteiger partial charge in [-0.3, -0.25) is 0 Å². The third-order valence-corrected chi connectivity index (χ3v) is 5.28. The molecule has 2 aliphatic rings. The van der Waals surface area contributed by atoms with E-state index in [1.807, 2.05) is 32.9 Å². The lowest BCUT2D eigenvalue weighted by Gasteiger charge is -2.34. The van der Waals surface area contributed by atoms with Gasteiger partial charge < -0.3 is 24.0 Å². The molecule has 2 fully saturated rings. The van der Waals surface area contributed by atoms with Gasteiger partial charge in [0.15, 0.2) is 0 Å². The largest absolute Gasteiger partial charge is 0.465 e. The number of nitrogens with zero attached hydrogens (tertiary/aromatic N) is 2. The fourth-order valence-corrected chi connectivity index (χ4v) is 3.78. The van der Waals surface area contributed by atoms with Gasteiger partial charge in [-0.1, -0.05) is 0 Å². The Bertz CT molecular complexity index is 705. The number of esters is 1. The first-order valence-corrected chi connectivity index (χ1v) is 10.3. The van der Waals surface area contributed by atoms with Crippen molar-refractivity contribution in [3.8, 4) is 0 Å². The molecule has 3 rings (SSSR count). The first-order chi connectivity index (χ1) is 13.7. The van der Waals surface area contributed by atoms with Crippen LogP contribution in [0.1, 0.15) is 50.4 Å². The Kier molecular flexibility index (Phi) is 6.67. The quantitative estimate of drug-likeness (QED) is 0.716. The lowest BCUT2D eigenvalue weighted by atomic mass is 10.1. The number of piperidine rings is 1. The molecule has 0 aliphatic carbocycles. The van der Waals surface area contributed by atoms with Crippen molar-refractivity contribution in [2.75, 3.05) is 38.2 Å². The zero-order chi connectivity index (χ0) is 21.0. The molecule has 0 bridgehead atoms. The molecule has 1 aromatic rings. The van der Waals surface area contributed by atoms with Crippen LogP contribution in [0.5, 0.6) is 0 Å². The summed E-state index contributed by atoms with van der Waals surface area (Å²) in [6.07, 6.45) is 2.79. The number of carbonyl (C=O) groups is 2. The highest BCUT2D eigenvalue weighted by atomic mass is 16.6. The Morgan fingerprint density at radius 3 is 2.17 bits per heavy atom. The minimum Gasteiger partial charge on any atom is -0.465 e. The lowest BCUT2D eigenvalue weighted by Crippen LogP contribution is -2.40. The average molecular weight is 405 g/mol. The normalized spacial score (nSPS) is 20.6. The smallest absolute Gasteiger partial charge is 0.410 e. The molecule has 7 nitrogen and oxygen atoms in total. The molecular formula is C22H32N2O5. The molecular weight excluding hydrogens is 372 g/mol. The highest BCUT2D eigenvalue weighted by Crippen LogP contribution is 2.25. The number of ether oxygens (including phenoxy) is 3. The van der Waals surface area contributed by atoms with Crippen LogP contribution in [0.4, 0.5) is 10.5 Å². The van der Waals surface area contributed by atoms with Crippen LogP contribution < -0.4 is 4.90 Å². The van der Waals surface area contributed by atoms with E-state index in [1.165, 1.54) is 7.11 Å². The van der Waals surface area contributed by atoms with Crippen LogP contribution in [-0.2, 0) is 14.2 Å². The molecule has 0 spiro atoms. The number of rotatable bonds is 4. The number of hydrogen-bond donors (Lipinski definition) is 0. The second kappa shape index (κ2) is 9.03. The van der Waals surface area contributed by atoms with Crippen molar-refractivity contribution in [2.24, 2.45) is 0 Å². The Balaban J connectivity index is 1.43. The highest BCUT2D eigenvalue weighted by molar-refractivity contribution is 5.89. The van der Waals surface area contributed by atoms with E-state index in [2.05, 4.69) is 4.90 Å². The molecule has 160 valence electrons. The maximum atomic E-state index is 12.2. The van der Waals surface area contributed by atoms with Gasteiger partial charge in [0, 0.05) is 25.3 Å². The summed E-state index contributed by atoms with van der Waals surface area (Å²) in [5.41, 5.74) is 1.19. The number of hydrogen-bond acceptors (Lipinski definition) is 6. The molecule has 2 saturated heterocycles. The van der Waals surface area contributed by atoms with Crippen molar-refractivity contribution in [1.82, 2.24) is 4.90 Å². The second-order valence-electron chi connectivity index (χ2n) is 8.70. The molecule has 1 atom stereocenters. The van der Waals surface area contributed by atoms with Crippen LogP contribution >= 0.6 is 0 Å². The maximum Gasteiger partial charge on any atom is 0.410 e. The van der Waals surface area contributed by atoms with Gasteiger partial charge in [-0.15, -0.1) is 0 Å². The molecule has 1 aromatic carbocycles. The van der Waals surface area contributed by atoms with Gasteiger partial charge in [0.05, 0.1) is 31.4 Å². The van der Waals surface area contributed by atoms with Crippen molar-refractivity contribution in [3.63, 3.8) is 0 Å². The van der Waals surface area contributed by atoms with Crippen molar-refractivity contribution < 1.29 is 23.8 Å². The fourth-order valence-electron chi connectivity index (χ4n) is 3.78. The van der Waals surface area contributed by atoms with E-state index in [-0.39, 0.29) is 24.3 Å². The Labute approximate surface area is 172 Å². The van der Waals surface area contributed by atoms with Crippen molar-refractivity contribution >= 4 is 17.7 Å². The topological polar surface area (TPSA) is 68.3 Å². The zero-order valence-corrected chi connectivity index (χ0v) is 17.8. The van der Waals surface area contributed by atoms with Crippen LogP contribution in [0.15, 0.2) is 24.3 Å². The number of carbonyl (C=O) groups excluding carboxylic acids is 2. The van der Waals surface area contributed by atoms with E-state index in [4.69, 9.17) is 14.2 Å². The predicted molar refractivity (Wildman–Crippen MR) is 110 cm³/mol. The summed E-state index contributed by atoms with van der Waals surface area (Å²) >= 11 is 0. The molecule has 0 aromatic heterocycles. The summed E-state index contributed by atoms with van der Waals surface area (Å²) in [5, 5.41) is 0. The highest BCUT2D eigenvalue weighted by Gasteiger charge is 2.32. The van der Waals surface area contributed by atoms with E-state index in [9.17, 15) is 9.59 Å². The molecule has 29 heavy (non-hydrogen) atoms. The summed E-state index contributed by atoms with van der Waals surface area (Å²) < 4.78 is 16.5. The molecule has 0 radical (unpaired) electrons. The van der Waals surface area contributed by atoms with Gasteiger partial charge in [-0.2, -0.15) is 0 Å². The first kappa shape index (κ1) is 21.4. The standard InChI is InChI=1S/C22H32N2O5/c1-22(2,3)29-21(26)24-14-11-19(15-24)28-18-9-12-23(13-10-18)17-7-5-16(6-8-17)20(25)27-4/h5-8,18-19H,9-15H2,1-4H3/t19-/m0/s1. The summed E-state index contributed by atoms with van der Waals surface area (Å²) in [6.45, 7) is 8.74. The second-order valence-corrected chi connectivity index (χ2v) is 8.70. The predicted octanol–water partition coefficient (Wildman–Crippen LogP) is 3.47. The van der Waals surface area contributed by atoms with Gasteiger partial charge in [0.1, 0.15) is 5.60 Å². The SMILES string of the molecule is COC(=O)c1ccc(N2CCC(O[C@H]3CCN(C(=O)OC(C)(C)C)C3)CC2)cc1. The Hall–Kier alpha value is -2.28. The van der Waals surface area contributed by atoms with E-state index in [1.54, 1.807) is 17.0 Å². The Morgan fingerprint density at radius 2 is 1.59 bits per heavy atom. The minimum absolute atomic E-state index is 0.0819. The number of anilines is 1. The molecule has 0 N–H and O–H groups in total. The molecule has 0 saturated carbocycles. The van der Waals surface area contributed by atoms with E-state index >= 15 is 0 Å². The summed E-state index contributed by atoms with van der Waals surface area (Å²) in [7, 11) is 1.39. The van der Waals surface area contributed by atoms with Gasteiger partial charge in [-0.25, -0.2) is 9.59 Å². The van der Waals surface area contributed by atoms with Gasteiger partial charge in [0.25, 0.3) is 0 Å². The molecule has 2 aliphatic heterocycles. The minimum atomic E-state index is -0.474. The Morgan fingerprint density at radius 1 is 0.966 bits per heavy atom. The van der Waals surface area contributed by atoms with E-state index < -0.39 is 5.60 Å². The number of amides is 1. The van der Waals surface area contributed by atoms with Crippen LogP contribution in [0.2, 0.25) is 0 Å². The van der Waals surface area contributed by atoms with Crippen LogP contribution in [0, 0.1) is 0 Å². The van der Waals surface area contributed by atoms with Gasteiger partial charge >= 0.3 is 12.1 Å². The summed E-state index contributed by atoms with van der Waals surface area (Å²) in [6, 6.07) is 7.52. The molecule has 2 heterocycles. The maximum absolute atomic E-state index is 12.2. The average Bonchev–Trinajstić information content (AvgIpc) is 3.15. The summed E-state index contributed by atoms with van der Waals surface area (Å²) in [4.78, 5) is 27.8. The van der Waals surface area contributed by atoms with Gasteiger partial charge in [0.2, 0.25) is 0 Å². The van der Waals surface area contributed by atoms with Crippen LogP contribution in [0.3, 0.4) is 0 Å². The third kappa shape index (κ3) is 5.85. The van der Waals surface area contributed by atoms with Crippen LogP contribution in [0.25, 0.3) is 0 Å². The molecule has 0 unspecified atom stereocenters. The van der Waals surface area contributed by atoms with Crippen molar-refractivity contribution in [3.05, 3.63) is 29.8 Å². The third-order valence-electron chi connectivity index (χ3n) is 5.28. The van der Waals surface area contributed by atoms with Crippen LogP contribution in [-0.4, -0.2) is 68.1 Å². The lowest BCUT2D eigenvalue weighted by molar-refractivity contribution is -0.0208. The van der Waals surface area contributed by atoms with E-state index in [0.29, 0.717) is 18.7 Å². The van der Waals surface area contributed by atoms with E-state index in [0.717, 1.165) is 38.0 Å². The molecule has 7 heteroatoms. The monoisotopic (exact) mass is 404 g/mol. The van der Waals surface area contributed by atoms with Crippen molar-refractivity contribution in [1.29, 1.82) is 0 Å². The fraction of sp³-hybridized carbons (Fsp3) is 0.636. The number of methoxy groups -OCH3 is 1. The first-order valence-electron chi connectivity index (χ1n) is 10.3. The number of likely N-dealkylation sites (tertiary alicyclic amines) is 1. The van der Waals surface area contributed by atoms with Gasteiger partial charge in [-0.05, 0) is 64.3 Å². The zero-order valence-electron chi connectivity index (χ0n) is 17.8. The number of benzene rings is 1. The van der Waals surface area contributed by atoms with Crippen molar-refractivity contribution in [2.45, 2.75) is 57.8 Å². The molecule has 1 amide bonds. The summed E-state index contributed by atoms with van der Waals surface area (Å²) in [5.74, 6) is -0.319.